The minimum absolute atomic E-state index is 0.0222. The van der Waals surface area contributed by atoms with Gasteiger partial charge in [0.05, 0.1) is 0 Å². The number of likely N-dealkylation sites (N-methyl/N-ethyl adjacent to an activating group) is 1. The molecule has 0 saturated carbocycles. The minimum Gasteiger partial charge on any atom is -0.356 e. The van der Waals surface area contributed by atoms with Crippen molar-refractivity contribution in [3.8, 4) is 0 Å². The number of hydrogen-bond acceptors (Lipinski definition) is 4. The summed E-state index contributed by atoms with van der Waals surface area (Å²) in [5.74, 6) is 4.19. The SMILES string of the molecule is CSCCNC(=NCC(=O)N(C)C)NC1CCCSC1. The molecule has 0 bridgehead atoms. The quantitative estimate of drug-likeness (QED) is 0.432. The minimum atomic E-state index is 0.0222. The van der Waals surface area contributed by atoms with Crippen molar-refractivity contribution in [3.63, 3.8) is 0 Å². The van der Waals surface area contributed by atoms with E-state index in [1.165, 1.54) is 18.6 Å². The van der Waals surface area contributed by atoms with Gasteiger partial charge in [-0.3, -0.25) is 4.79 Å². The molecule has 1 saturated heterocycles. The van der Waals surface area contributed by atoms with Gasteiger partial charge in [0, 0.05) is 38.2 Å². The second-order valence-corrected chi connectivity index (χ2v) is 7.07. The highest BCUT2D eigenvalue weighted by atomic mass is 32.2. The van der Waals surface area contributed by atoms with Crippen LogP contribution in [0.3, 0.4) is 0 Å². The normalized spacial score (nSPS) is 19.6. The molecule has 1 amide bonds. The van der Waals surface area contributed by atoms with Gasteiger partial charge in [-0.15, -0.1) is 0 Å². The summed E-state index contributed by atoms with van der Waals surface area (Å²) in [4.78, 5) is 17.6. The first-order valence-electron chi connectivity index (χ1n) is 6.95. The van der Waals surface area contributed by atoms with Crippen LogP contribution in [-0.4, -0.2) is 73.5 Å². The van der Waals surface area contributed by atoms with E-state index in [9.17, 15) is 4.79 Å². The third-order valence-electron chi connectivity index (χ3n) is 2.97. The van der Waals surface area contributed by atoms with Gasteiger partial charge >= 0.3 is 0 Å². The molecule has 0 radical (unpaired) electrons. The fourth-order valence-corrected chi connectivity index (χ4v) is 3.14. The van der Waals surface area contributed by atoms with Gasteiger partial charge in [-0.25, -0.2) is 4.99 Å². The van der Waals surface area contributed by atoms with Gasteiger partial charge in [-0.2, -0.15) is 23.5 Å². The van der Waals surface area contributed by atoms with Gasteiger partial charge in [-0.05, 0) is 24.9 Å². The second kappa shape index (κ2) is 10.2. The Labute approximate surface area is 130 Å². The largest absolute Gasteiger partial charge is 0.356 e. The molecule has 1 heterocycles. The maximum absolute atomic E-state index is 11.6. The molecule has 116 valence electrons. The standard InChI is InChI=1S/C13H26N4OS2/c1-17(2)12(18)9-15-13(14-6-8-19-3)16-11-5-4-7-20-10-11/h11H,4-10H2,1-3H3,(H2,14,15,16). The zero-order valence-electron chi connectivity index (χ0n) is 12.6. The second-order valence-electron chi connectivity index (χ2n) is 4.93. The van der Waals surface area contributed by atoms with Crippen LogP contribution < -0.4 is 10.6 Å². The van der Waals surface area contributed by atoms with Crippen LogP contribution >= 0.6 is 23.5 Å². The molecule has 1 rings (SSSR count). The van der Waals surface area contributed by atoms with E-state index in [0.717, 1.165) is 24.0 Å². The summed E-state index contributed by atoms with van der Waals surface area (Å²) in [6.45, 7) is 1.06. The number of carbonyl (C=O) groups excluding carboxylic acids is 1. The maximum atomic E-state index is 11.6. The Morgan fingerprint density at radius 1 is 1.50 bits per heavy atom. The van der Waals surface area contributed by atoms with Crippen molar-refractivity contribution in [2.75, 3.05) is 50.7 Å². The van der Waals surface area contributed by atoms with Crippen molar-refractivity contribution in [2.24, 2.45) is 4.99 Å². The van der Waals surface area contributed by atoms with E-state index in [0.29, 0.717) is 6.04 Å². The highest BCUT2D eigenvalue weighted by Crippen LogP contribution is 2.16. The molecule has 20 heavy (non-hydrogen) atoms. The van der Waals surface area contributed by atoms with Crippen LogP contribution in [0.5, 0.6) is 0 Å². The molecular formula is C13H26N4OS2. The molecule has 1 aliphatic heterocycles. The topological polar surface area (TPSA) is 56.7 Å². The molecule has 0 aromatic rings. The monoisotopic (exact) mass is 318 g/mol. The molecule has 1 aliphatic rings. The van der Waals surface area contributed by atoms with Gasteiger partial charge in [0.25, 0.3) is 0 Å². The predicted octanol–water partition coefficient (Wildman–Crippen LogP) is 0.868. The van der Waals surface area contributed by atoms with Crippen molar-refractivity contribution in [3.05, 3.63) is 0 Å². The maximum Gasteiger partial charge on any atom is 0.243 e. The Morgan fingerprint density at radius 3 is 2.90 bits per heavy atom. The van der Waals surface area contributed by atoms with Gasteiger partial charge < -0.3 is 15.5 Å². The average molecular weight is 319 g/mol. The van der Waals surface area contributed by atoms with E-state index in [4.69, 9.17) is 0 Å². The Hall–Kier alpha value is -0.560. The lowest BCUT2D eigenvalue weighted by atomic mass is 10.2. The zero-order chi connectivity index (χ0) is 14.8. The average Bonchev–Trinajstić information content (AvgIpc) is 2.45. The number of nitrogens with zero attached hydrogens (tertiary/aromatic N) is 2. The Balaban J connectivity index is 2.48. The molecule has 0 aromatic heterocycles. The van der Waals surface area contributed by atoms with Crippen molar-refractivity contribution in [1.29, 1.82) is 0 Å². The lowest BCUT2D eigenvalue weighted by Gasteiger charge is -2.24. The fourth-order valence-electron chi connectivity index (χ4n) is 1.76. The van der Waals surface area contributed by atoms with Crippen molar-refractivity contribution >= 4 is 35.4 Å². The first-order valence-corrected chi connectivity index (χ1v) is 9.50. The molecule has 0 spiro atoms. The lowest BCUT2D eigenvalue weighted by molar-refractivity contribution is -0.127. The highest BCUT2D eigenvalue weighted by Gasteiger charge is 2.15. The van der Waals surface area contributed by atoms with Crippen LogP contribution in [0.1, 0.15) is 12.8 Å². The number of thioether (sulfide) groups is 2. The van der Waals surface area contributed by atoms with E-state index in [-0.39, 0.29) is 12.5 Å². The number of rotatable bonds is 6. The van der Waals surface area contributed by atoms with Crippen molar-refractivity contribution in [2.45, 2.75) is 18.9 Å². The van der Waals surface area contributed by atoms with E-state index in [1.807, 2.05) is 11.8 Å². The van der Waals surface area contributed by atoms with Gasteiger partial charge in [-0.1, -0.05) is 0 Å². The number of guanidine groups is 1. The Bertz CT molecular complexity index is 317. The molecule has 1 atom stereocenters. The fraction of sp³-hybridized carbons (Fsp3) is 0.846. The number of hydrogen-bond donors (Lipinski definition) is 2. The molecular weight excluding hydrogens is 292 g/mol. The summed E-state index contributed by atoms with van der Waals surface area (Å²) in [6, 6.07) is 0.462. The molecule has 7 heteroatoms. The van der Waals surface area contributed by atoms with Gasteiger partial charge in [0.1, 0.15) is 6.54 Å². The van der Waals surface area contributed by atoms with Crippen LogP contribution in [0.2, 0.25) is 0 Å². The summed E-state index contributed by atoms with van der Waals surface area (Å²) >= 11 is 3.77. The van der Waals surface area contributed by atoms with E-state index >= 15 is 0 Å². The summed E-state index contributed by atoms with van der Waals surface area (Å²) in [5, 5.41) is 6.75. The first kappa shape index (κ1) is 17.5. The van der Waals surface area contributed by atoms with Crippen molar-refractivity contribution < 1.29 is 4.79 Å². The van der Waals surface area contributed by atoms with Crippen LogP contribution in [0.4, 0.5) is 0 Å². The lowest BCUT2D eigenvalue weighted by Crippen LogP contribution is -2.46. The molecule has 2 N–H and O–H groups in total. The zero-order valence-corrected chi connectivity index (χ0v) is 14.3. The van der Waals surface area contributed by atoms with Gasteiger partial charge in [0.2, 0.25) is 5.91 Å². The highest BCUT2D eigenvalue weighted by molar-refractivity contribution is 7.99. The summed E-state index contributed by atoms with van der Waals surface area (Å²) in [5.41, 5.74) is 0. The van der Waals surface area contributed by atoms with Crippen LogP contribution in [0.15, 0.2) is 4.99 Å². The molecule has 5 nitrogen and oxygen atoms in total. The Morgan fingerprint density at radius 2 is 2.30 bits per heavy atom. The number of amides is 1. The number of aliphatic imine (C=N–C) groups is 1. The van der Waals surface area contributed by atoms with Crippen molar-refractivity contribution in [1.82, 2.24) is 15.5 Å². The van der Waals surface area contributed by atoms with Gasteiger partial charge in [0.15, 0.2) is 5.96 Å². The van der Waals surface area contributed by atoms with E-state index in [2.05, 4.69) is 21.9 Å². The van der Waals surface area contributed by atoms with Crippen LogP contribution in [0, 0.1) is 0 Å². The Kier molecular flexibility index (Phi) is 8.93. The predicted molar refractivity (Wildman–Crippen MR) is 90.9 cm³/mol. The third kappa shape index (κ3) is 7.28. The molecule has 0 aromatic carbocycles. The number of carbonyl (C=O) groups is 1. The smallest absolute Gasteiger partial charge is 0.243 e. The van der Waals surface area contributed by atoms with E-state index in [1.54, 1.807) is 30.8 Å². The molecule has 1 fully saturated rings. The third-order valence-corrected chi connectivity index (χ3v) is 4.80. The summed E-state index contributed by atoms with van der Waals surface area (Å²) in [6.07, 6.45) is 4.51. The molecule has 0 aliphatic carbocycles. The first-order chi connectivity index (χ1) is 9.63. The van der Waals surface area contributed by atoms with Crippen LogP contribution in [0.25, 0.3) is 0 Å². The molecule has 1 unspecified atom stereocenters. The summed E-state index contributed by atoms with van der Waals surface area (Å²) < 4.78 is 0. The number of nitrogens with one attached hydrogen (secondary N) is 2. The summed E-state index contributed by atoms with van der Waals surface area (Å²) in [7, 11) is 3.51. The van der Waals surface area contributed by atoms with E-state index < -0.39 is 0 Å². The van der Waals surface area contributed by atoms with Crippen LogP contribution in [-0.2, 0) is 4.79 Å².